The third-order valence-corrected chi connectivity index (χ3v) is 5.40. The van der Waals surface area contributed by atoms with E-state index in [1.54, 1.807) is 0 Å². The smallest absolute Gasteiger partial charge is 0.211 e. The van der Waals surface area contributed by atoms with Crippen molar-refractivity contribution in [2.24, 2.45) is 11.7 Å². The van der Waals surface area contributed by atoms with E-state index >= 15 is 0 Å². The summed E-state index contributed by atoms with van der Waals surface area (Å²) in [5.74, 6) is 0.589. The minimum Gasteiger partial charge on any atom is -0.330 e. The minimum absolute atomic E-state index is 0.520. The van der Waals surface area contributed by atoms with Crippen molar-refractivity contribution in [2.75, 3.05) is 32.4 Å². The molecule has 0 amide bonds. The molecule has 2 unspecified atom stereocenters. The molecular formula is C13H29N3O2S. The van der Waals surface area contributed by atoms with Gasteiger partial charge in [-0.05, 0) is 38.3 Å². The summed E-state index contributed by atoms with van der Waals surface area (Å²) in [6.07, 6.45) is 7.12. The Balaban J connectivity index is 2.26. The van der Waals surface area contributed by atoms with Crippen LogP contribution in [-0.4, -0.2) is 51.2 Å². The minimum atomic E-state index is -3.05. The number of hydrogen-bond acceptors (Lipinski definition) is 4. The second kappa shape index (κ2) is 8.19. The monoisotopic (exact) mass is 291 g/mol. The normalized spacial score (nSPS) is 24.8. The number of hydrogen-bond donors (Lipinski definition) is 2. The molecule has 0 aromatic rings. The molecule has 19 heavy (non-hydrogen) atoms. The van der Waals surface area contributed by atoms with E-state index in [9.17, 15) is 8.42 Å². The summed E-state index contributed by atoms with van der Waals surface area (Å²) in [6, 6.07) is 0.520. The van der Waals surface area contributed by atoms with Gasteiger partial charge in [0.2, 0.25) is 10.0 Å². The second-order valence-corrected chi connectivity index (χ2v) is 7.43. The summed E-state index contributed by atoms with van der Waals surface area (Å²) in [7, 11) is -3.05. The summed E-state index contributed by atoms with van der Waals surface area (Å²) in [6.45, 7) is 4.64. The molecule has 114 valence electrons. The van der Waals surface area contributed by atoms with Crippen LogP contribution in [0.15, 0.2) is 0 Å². The first-order valence-corrected chi connectivity index (χ1v) is 9.22. The van der Waals surface area contributed by atoms with Gasteiger partial charge in [0.05, 0.1) is 6.26 Å². The van der Waals surface area contributed by atoms with Gasteiger partial charge in [-0.2, -0.15) is 0 Å². The molecule has 0 spiro atoms. The Kier molecular flexibility index (Phi) is 7.28. The van der Waals surface area contributed by atoms with Crippen LogP contribution in [0.25, 0.3) is 0 Å². The van der Waals surface area contributed by atoms with Crippen LogP contribution in [0.1, 0.15) is 39.0 Å². The third kappa shape index (κ3) is 5.77. The molecule has 1 aliphatic carbocycles. The van der Waals surface area contributed by atoms with Crippen molar-refractivity contribution >= 4 is 10.0 Å². The van der Waals surface area contributed by atoms with Crippen molar-refractivity contribution in [1.82, 2.24) is 9.62 Å². The highest BCUT2D eigenvalue weighted by atomic mass is 32.2. The Morgan fingerprint density at radius 1 is 1.32 bits per heavy atom. The van der Waals surface area contributed by atoms with E-state index in [0.717, 1.165) is 19.5 Å². The summed E-state index contributed by atoms with van der Waals surface area (Å²) >= 11 is 0. The summed E-state index contributed by atoms with van der Waals surface area (Å²) in [5, 5.41) is 3.55. The average Bonchev–Trinajstić information content (AvgIpc) is 2.37. The quantitative estimate of drug-likeness (QED) is 0.648. The summed E-state index contributed by atoms with van der Waals surface area (Å²) in [4.78, 5) is 0. The van der Waals surface area contributed by atoms with Crippen LogP contribution in [0.4, 0.5) is 0 Å². The lowest BCUT2D eigenvalue weighted by Crippen LogP contribution is -2.43. The molecule has 2 atom stereocenters. The lowest BCUT2D eigenvalue weighted by molar-refractivity contribution is 0.265. The van der Waals surface area contributed by atoms with Crippen LogP contribution in [-0.2, 0) is 10.0 Å². The molecule has 0 aromatic carbocycles. The molecule has 0 heterocycles. The number of nitrogens with two attached hydrogens (primary N) is 1. The molecule has 1 aliphatic rings. The zero-order valence-electron chi connectivity index (χ0n) is 12.3. The Hall–Kier alpha value is -0.170. The molecule has 1 fully saturated rings. The van der Waals surface area contributed by atoms with Crippen molar-refractivity contribution < 1.29 is 8.42 Å². The number of nitrogens with zero attached hydrogens (tertiary/aromatic N) is 1. The molecule has 0 saturated heterocycles. The summed E-state index contributed by atoms with van der Waals surface area (Å²) < 4.78 is 24.4. The van der Waals surface area contributed by atoms with Gasteiger partial charge in [-0.15, -0.1) is 0 Å². The topological polar surface area (TPSA) is 75.4 Å². The predicted octanol–water partition coefficient (Wildman–Crippen LogP) is 0.765. The maximum Gasteiger partial charge on any atom is 0.211 e. The van der Waals surface area contributed by atoms with Gasteiger partial charge >= 0.3 is 0 Å². The van der Waals surface area contributed by atoms with Gasteiger partial charge in [0.1, 0.15) is 0 Å². The fourth-order valence-electron chi connectivity index (χ4n) is 2.86. The van der Waals surface area contributed by atoms with Crippen LogP contribution >= 0.6 is 0 Å². The highest BCUT2D eigenvalue weighted by molar-refractivity contribution is 7.88. The third-order valence-electron chi connectivity index (χ3n) is 4.02. The Morgan fingerprint density at radius 2 is 2.00 bits per heavy atom. The Bertz CT molecular complexity index is 346. The van der Waals surface area contributed by atoms with E-state index in [0.29, 0.717) is 25.0 Å². The first-order chi connectivity index (χ1) is 8.99. The van der Waals surface area contributed by atoms with Crippen molar-refractivity contribution in [2.45, 2.75) is 45.1 Å². The lowest BCUT2D eigenvalue weighted by atomic mass is 9.84. The van der Waals surface area contributed by atoms with E-state index in [1.165, 1.54) is 36.2 Å². The first-order valence-electron chi connectivity index (χ1n) is 7.37. The largest absolute Gasteiger partial charge is 0.330 e. The number of rotatable bonds is 8. The molecular weight excluding hydrogens is 262 g/mol. The predicted molar refractivity (Wildman–Crippen MR) is 79.5 cm³/mol. The number of sulfonamides is 1. The molecule has 6 heteroatoms. The van der Waals surface area contributed by atoms with Crippen molar-refractivity contribution in [3.8, 4) is 0 Å². The van der Waals surface area contributed by atoms with Gasteiger partial charge in [0, 0.05) is 19.1 Å². The standard InChI is InChI=1S/C13H29N3O2S/c1-3-16(19(2,17)18)10-6-9-15-13-8-5-4-7-12(13)11-14/h12-13,15H,3-11,14H2,1-2H3. The van der Waals surface area contributed by atoms with Crippen LogP contribution in [0.5, 0.6) is 0 Å². The van der Waals surface area contributed by atoms with Crippen molar-refractivity contribution in [1.29, 1.82) is 0 Å². The second-order valence-electron chi connectivity index (χ2n) is 5.45. The molecule has 5 nitrogen and oxygen atoms in total. The maximum atomic E-state index is 11.4. The van der Waals surface area contributed by atoms with Crippen LogP contribution in [0.2, 0.25) is 0 Å². The molecule has 0 bridgehead atoms. The van der Waals surface area contributed by atoms with Gasteiger partial charge in [-0.25, -0.2) is 12.7 Å². The lowest BCUT2D eigenvalue weighted by Gasteiger charge is -2.31. The highest BCUT2D eigenvalue weighted by Gasteiger charge is 2.23. The van der Waals surface area contributed by atoms with Gasteiger partial charge in [0.15, 0.2) is 0 Å². The first kappa shape index (κ1) is 16.9. The van der Waals surface area contributed by atoms with E-state index < -0.39 is 10.0 Å². The van der Waals surface area contributed by atoms with E-state index in [-0.39, 0.29) is 0 Å². The summed E-state index contributed by atoms with van der Waals surface area (Å²) in [5.41, 5.74) is 5.80. The zero-order valence-corrected chi connectivity index (χ0v) is 13.1. The van der Waals surface area contributed by atoms with Crippen molar-refractivity contribution in [3.63, 3.8) is 0 Å². The van der Waals surface area contributed by atoms with Gasteiger partial charge in [0.25, 0.3) is 0 Å². The molecule has 1 rings (SSSR count). The Labute approximate surface area is 118 Å². The molecule has 1 saturated carbocycles. The SMILES string of the molecule is CCN(CCCNC1CCCCC1CN)S(C)(=O)=O. The average molecular weight is 291 g/mol. The fourth-order valence-corrected chi connectivity index (χ4v) is 3.79. The zero-order chi connectivity index (χ0) is 14.3. The Morgan fingerprint density at radius 3 is 2.58 bits per heavy atom. The van der Waals surface area contributed by atoms with Crippen LogP contribution in [0.3, 0.4) is 0 Å². The van der Waals surface area contributed by atoms with E-state index in [1.807, 2.05) is 6.92 Å². The van der Waals surface area contributed by atoms with Crippen molar-refractivity contribution in [3.05, 3.63) is 0 Å². The maximum absolute atomic E-state index is 11.4. The molecule has 0 radical (unpaired) electrons. The molecule has 0 aliphatic heterocycles. The number of nitrogens with one attached hydrogen (secondary N) is 1. The van der Waals surface area contributed by atoms with Crippen LogP contribution in [0, 0.1) is 5.92 Å². The fraction of sp³-hybridized carbons (Fsp3) is 1.00. The van der Waals surface area contributed by atoms with Gasteiger partial charge in [-0.1, -0.05) is 19.8 Å². The molecule has 0 aromatic heterocycles. The van der Waals surface area contributed by atoms with E-state index in [2.05, 4.69) is 5.32 Å². The van der Waals surface area contributed by atoms with Crippen LogP contribution < -0.4 is 11.1 Å². The van der Waals surface area contributed by atoms with Gasteiger partial charge in [-0.3, -0.25) is 0 Å². The van der Waals surface area contributed by atoms with Gasteiger partial charge < -0.3 is 11.1 Å². The van der Waals surface area contributed by atoms with E-state index in [4.69, 9.17) is 5.73 Å². The highest BCUT2D eigenvalue weighted by Crippen LogP contribution is 2.23. The molecule has 3 N–H and O–H groups in total.